The normalized spacial score (nSPS) is 11.7. The molecule has 138 valence electrons. The van der Waals surface area contributed by atoms with Crippen molar-refractivity contribution in [3.63, 3.8) is 0 Å². The van der Waals surface area contributed by atoms with E-state index in [-0.39, 0.29) is 17.1 Å². The van der Waals surface area contributed by atoms with Crippen molar-refractivity contribution >= 4 is 35.0 Å². The Balaban J connectivity index is 2.04. The fourth-order valence-corrected chi connectivity index (χ4v) is 3.52. The molecule has 0 saturated heterocycles. The van der Waals surface area contributed by atoms with Gasteiger partial charge in [0.2, 0.25) is 11.8 Å². The van der Waals surface area contributed by atoms with Gasteiger partial charge in [0.15, 0.2) is 0 Å². The molecular formula is C21H26N2O2S. The van der Waals surface area contributed by atoms with Crippen molar-refractivity contribution in [2.75, 3.05) is 10.6 Å². The predicted molar refractivity (Wildman–Crippen MR) is 110 cm³/mol. The van der Waals surface area contributed by atoms with E-state index in [0.29, 0.717) is 6.42 Å². The average molecular weight is 371 g/mol. The molecule has 0 heterocycles. The topological polar surface area (TPSA) is 58.2 Å². The molecule has 1 unspecified atom stereocenters. The quantitative estimate of drug-likeness (QED) is 0.625. The molecule has 5 heteroatoms. The fraction of sp³-hybridized carbons (Fsp3) is 0.333. The van der Waals surface area contributed by atoms with Gasteiger partial charge in [-0.05, 0) is 49.6 Å². The molecular weight excluding hydrogens is 344 g/mol. The molecule has 0 fully saturated rings. The molecule has 4 nitrogen and oxygen atoms in total. The van der Waals surface area contributed by atoms with Crippen LogP contribution in [-0.4, -0.2) is 17.1 Å². The minimum atomic E-state index is -0.198. The maximum absolute atomic E-state index is 12.6. The first-order valence-electron chi connectivity index (χ1n) is 8.96. The van der Waals surface area contributed by atoms with Crippen molar-refractivity contribution in [2.45, 2.75) is 50.2 Å². The van der Waals surface area contributed by atoms with Crippen molar-refractivity contribution in [2.24, 2.45) is 0 Å². The summed E-state index contributed by atoms with van der Waals surface area (Å²) in [6.07, 6.45) is 2.04. The number of nitrogens with one attached hydrogen (secondary N) is 2. The number of hydrogen-bond acceptors (Lipinski definition) is 3. The van der Waals surface area contributed by atoms with E-state index >= 15 is 0 Å². The van der Waals surface area contributed by atoms with Gasteiger partial charge < -0.3 is 10.6 Å². The van der Waals surface area contributed by atoms with Crippen molar-refractivity contribution in [3.05, 3.63) is 54.1 Å². The molecule has 2 amide bonds. The van der Waals surface area contributed by atoms with Crippen LogP contribution in [0.2, 0.25) is 0 Å². The van der Waals surface area contributed by atoms with Crippen LogP contribution in [0.25, 0.3) is 0 Å². The Morgan fingerprint density at radius 1 is 1.04 bits per heavy atom. The lowest BCUT2D eigenvalue weighted by atomic mass is 10.2. The molecule has 0 aliphatic rings. The lowest BCUT2D eigenvalue weighted by molar-refractivity contribution is -0.116. The number of amides is 2. The van der Waals surface area contributed by atoms with Crippen LogP contribution < -0.4 is 10.6 Å². The highest BCUT2D eigenvalue weighted by Crippen LogP contribution is 2.29. The smallest absolute Gasteiger partial charge is 0.237 e. The first-order valence-corrected chi connectivity index (χ1v) is 9.84. The summed E-state index contributed by atoms with van der Waals surface area (Å²) in [5.74, 6) is 0.00575. The van der Waals surface area contributed by atoms with Gasteiger partial charge in [0, 0.05) is 22.7 Å². The summed E-state index contributed by atoms with van der Waals surface area (Å²) in [6, 6.07) is 15.4. The van der Waals surface area contributed by atoms with Gasteiger partial charge in [-0.25, -0.2) is 0 Å². The molecule has 2 N–H and O–H groups in total. The second-order valence-electron chi connectivity index (χ2n) is 6.14. The third kappa shape index (κ3) is 5.92. The molecule has 0 aromatic heterocycles. The number of para-hydroxylation sites is 1. The standard InChI is InChI=1S/C21H26N2O2S/c1-4-9-20(24)22-16-11-8-12-17(14-16)26-19(5-2)21(25)23-18-13-7-6-10-15(18)3/h6-8,10-14,19H,4-5,9H2,1-3H3,(H,22,24)(H,23,25). The Morgan fingerprint density at radius 3 is 2.50 bits per heavy atom. The Morgan fingerprint density at radius 2 is 1.81 bits per heavy atom. The summed E-state index contributed by atoms with van der Waals surface area (Å²) >= 11 is 1.51. The SMILES string of the molecule is CCCC(=O)Nc1cccc(SC(CC)C(=O)Nc2ccccc2C)c1. The largest absolute Gasteiger partial charge is 0.326 e. The Hall–Kier alpha value is -2.27. The lowest BCUT2D eigenvalue weighted by Crippen LogP contribution is -2.24. The molecule has 2 aromatic carbocycles. The van der Waals surface area contributed by atoms with Gasteiger partial charge in [-0.2, -0.15) is 0 Å². The summed E-state index contributed by atoms with van der Waals surface area (Å²) in [4.78, 5) is 25.4. The highest BCUT2D eigenvalue weighted by Gasteiger charge is 2.19. The van der Waals surface area contributed by atoms with Gasteiger partial charge in [0.25, 0.3) is 0 Å². The minimum Gasteiger partial charge on any atom is -0.326 e. The molecule has 0 aliphatic carbocycles. The van der Waals surface area contributed by atoms with E-state index in [2.05, 4.69) is 10.6 Å². The highest BCUT2D eigenvalue weighted by atomic mass is 32.2. The second-order valence-corrected chi connectivity index (χ2v) is 7.42. The number of carbonyl (C=O) groups excluding carboxylic acids is 2. The molecule has 26 heavy (non-hydrogen) atoms. The highest BCUT2D eigenvalue weighted by molar-refractivity contribution is 8.00. The minimum absolute atomic E-state index is 0.00720. The van der Waals surface area contributed by atoms with Gasteiger partial charge in [0.1, 0.15) is 0 Å². The zero-order valence-corrected chi connectivity index (χ0v) is 16.4. The van der Waals surface area contributed by atoms with Gasteiger partial charge in [-0.1, -0.05) is 38.1 Å². The van der Waals surface area contributed by atoms with Crippen molar-refractivity contribution < 1.29 is 9.59 Å². The molecule has 2 aromatic rings. The Bertz CT molecular complexity index is 761. The van der Waals surface area contributed by atoms with Crippen LogP contribution in [0.5, 0.6) is 0 Å². The maximum Gasteiger partial charge on any atom is 0.237 e. The summed E-state index contributed by atoms with van der Waals surface area (Å²) in [7, 11) is 0. The molecule has 0 bridgehead atoms. The number of rotatable bonds is 8. The monoisotopic (exact) mass is 370 g/mol. The maximum atomic E-state index is 12.6. The number of carbonyl (C=O) groups is 2. The third-order valence-corrected chi connectivity index (χ3v) is 5.30. The van der Waals surface area contributed by atoms with Crippen molar-refractivity contribution in [1.82, 2.24) is 0 Å². The van der Waals surface area contributed by atoms with Crippen molar-refractivity contribution in [3.8, 4) is 0 Å². The molecule has 0 radical (unpaired) electrons. The number of anilines is 2. The zero-order valence-electron chi connectivity index (χ0n) is 15.5. The second kappa shape index (κ2) is 10.0. The lowest BCUT2D eigenvalue weighted by Gasteiger charge is -2.16. The van der Waals surface area contributed by atoms with E-state index in [1.807, 2.05) is 69.3 Å². The molecule has 0 saturated carbocycles. The number of hydrogen-bond donors (Lipinski definition) is 2. The number of thioether (sulfide) groups is 1. The van der Waals surface area contributed by atoms with Crippen LogP contribution in [0.3, 0.4) is 0 Å². The van der Waals surface area contributed by atoms with Crippen LogP contribution in [0.1, 0.15) is 38.7 Å². The molecule has 0 spiro atoms. The summed E-state index contributed by atoms with van der Waals surface area (Å²) < 4.78 is 0. The Kier molecular flexibility index (Phi) is 7.73. The first-order chi connectivity index (χ1) is 12.5. The van der Waals surface area contributed by atoms with Crippen LogP contribution in [0.4, 0.5) is 11.4 Å². The number of benzene rings is 2. The van der Waals surface area contributed by atoms with E-state index < -0.39 is 0 Å². The summed E-state index contributed by atoms with van der Waals surface area (Å²) in [6.45, 7) is 5.96. The molecule has 0 aliphatic heterocycles. The third-order valence-electron chi connectivity index (χ3n) is 3.94. The average Bonchev–Trinajstić information content (AvgIpc) is 2.62. The van der Waals surface area contributed by atoms with E-state index in [4.69, 9.17) is 0 Å². The first kappa shape index (κ1) is 20.0. The van der Waals surface area contributed by atoms with E-state index in [0.717, 1.165) is 34.7 Å². The van der Waals surface area contributed by atoms with E-state index in [1.54, 1.807) is 0 Å². The van der Waals surface area contributed by atoms with Crippen LogP contribution in [0, 0.1) is 6.92 Å². The van der Waals surface area contributed by atoms with E-state index in [1.165, 1.54) is 11.8 Å². The fourth-order valence-electron chi connectivity index (χ4n) is 2.51. The summed E-state index contributed by atoms with van der Waals surface area (Å²) in [5, 5.41) is 5.72. The van der Waals surface area contributed by atoms with Gasteiger partial charge in [0.05, 0.1) is 5.25 Å². The Labute approximate surface area is 159 Å². The summed E-state index contributed by atoms with van der Waals surface area (Å²) in [5.41, 5.74) is 2.65. The van der Waals surface area contributed by atoms with Gasteiger partial charge >= 0.3 is 0 Å². The van der Waals surface area contributed by atoms with Gasteiger partial charge in [-0.15, -0.1) is 11.8 Å². The van der Waals surface area contributed by atoms with Crippen LogP contribution in [0.15, 0.2) is 53.4 Å². The van der Waals surface area contributed by atoms with Crippen LogP contribution >= 0.6 is 11.8 Å². The molecule has 1 atom stereocenters. The van der Waals surface area contributed by atoms with E-state index in [9.17, 15) is 9.59 Å². The van der Waals surface area contributed by atoms with Gasteiger partial charge in [-0.3, -0.25) is 9.59 Å². The molecule has 2 rings (SSSR count). The zero-order chi connectivity index (χ0) is 18.9. The number of aryl methyl sites for hydroxylation is 1. The van der Waals surface area contributed by atoms with Crippen molar-refractivity contribution in [1.29, 1.82) is 0 Å². The predicted octanol–water partition coefficient (Wildman–Crippen LogP) is 5.24. The van der Waals surface area contributed by atoms with Crippen LogP contribution in [-0.2, 0) is 9.59 Å².